The SMILES string of the molecule is N=C(N)c1ccc(CSCc2ccccc2)c(Cl)c1. The van der Waals surface area contributed by atoms with Crippen molar-refractivity contribution in [2.45, 2.75) is 11.5 Å². The number of hydrogen-bond acceptors (Lipinski definition) is 2. The monoisotopic (exact) mass is 290 g/mol. The molecule has 0 radical (unpaired) electrons. The fourth-order valence-electron chi connectivity index (χ4n) is 1.68. The Hall–Kier alpha value is -1.45. The first-order valence-corrected chi connectivity index (χ1v) is 7.44. The second-order valence-electron chi connectivity index (χ2n) is 4.20. The van der Waals surface area contributed by atoms with Gasteiger partial charge in [0.25, 0.3) is 0 Å². The van der Waals surface area contributed by atoms with Crippen molar-refractivity contribution in [3.8, 4) is 0 Å². The van der Waals surface area contributed by atoms with Crippen LogP contribution in [0.1, 0.15) is 16.7 Å². The average Bonchev–Trinajstić information content (AvgIpc) is 2.41. The fourth-order valence-corrected chi connectivity index (χ4v) is 3.01. The Morgan fingerprint density at radius 2 is 1.84 bits per heavy atom. The van der Waals surface area contributed by atoms with Gasteiger partial charge in [0.15, 0.2) is 0 Å². The van der Waals surface area contributed by atoms with Gasteiger partial charge in [0.1, 0.15) is 5.84 Å². The van der Waals surface area contributed by atoms with Gasteiger partial charge in [-0.15, -0.1) is 0 Å². The van der Waals surface area contributed by atoms with Crippen LogP contribution in [-0.2, 0) is 11.5 Å². The van der Waals surface area contributed by atoms with E-state index in [-0.39, 0.29) is 5.84 Å². The van der Waals surface area contributed by atoms with Crippen LogP contribution < -0.4 is 5.73 Å². The molecule has 0 amide bonds. The van der Waals surface area contributed by atoms with Crippen LogP contribution in [0.15, 0.2) is 48.5 Å². The zero-order valence-electron chi connectivity index (χ0n) is 10.4. The maximum absolute atomic E-state index is 7.37. The van der Waals surface area contributed by atoms with E-state index < -0.39 is 0 Å². The van der Waals surface area contributed by atoms with Crippen LogP contribution in [-0.4, -0.2) is 5.84 Å². The van der Waals surface area contributed by atoms with Crippen LogP contribution in [0.4, 0.5) is 0 Å². The first-order chi connectivity index (χ1) is 9.16. The molecule has 2 nitrogen and oxygen atoms in total. The molecule has 0 spiro atoms. The summed E-state index contributed by atoms with van der Waals surface area (Å²) in [4.78, 5) is 0. The molecule has 0 fully saturated rings. The summed E-state index contributed by atoms with van der Waals surface area (Å²) < 4.78 is 0. The minimum Gasteiger partial charge on any atom is -0.384 e. The lowest BCUT2D eigenvalue weighted by Gasteiger charge is -2.06. The van der Waals surface area contributed by atoms with Gasteiger partial charge in [-0.05, 0) is 17.2 Å². The number of nitrogen functional groups attached to an aromatic ring is 1. The smallest absolute Gasteiger partial charge is 0.122 e. The average molecular weight is 291 g/mol. The van der Waals surface area contributed by atoms with Crippen LogP contribution in [0.25, 0.3) is 0 Å². The van der Waals surface area contributed by atoms with Gasteiger partial charge in [0.2, 0.25) is 0 Å². The van der Waals surface area contributed by atoms with Crippen molar-refractivity contribution in [1.82, 2.24) is 0 Å². The molecule has 3 N–H and O–H groups in total. The standard InChI is InChI=1S/C15H15ClN2S/c16-14-8-12(15(17)18)6-7-13(14)10-19-9-11-4-2-1-3-5-11/h1-8H,9-10H2,(H3,17,18). The predicted octanol–water partition coefficient (Wildman–Crippen LogP) is 4.06. The van der Waals surface area contributed by atoms with E-state index in [0.29, 0.717) is 10.6 Å². The van der Waals surface area contributed by atoms with E-state index in [2.05, 4.69) is 12.1 Å². The van der Waals surface area contributed by atoms with Crippen LogP contribution in [0.5, 0.6) is 0 Å². The first kappa shape index (κ1) is 14.0. The minimum atomic E-state index is 0.0467. The van der Waals surface area contributed by atoms with Gasteiger partial charge >= 0.3 is 0 Å². The molecular formula is C15H15ClN2S. The van der Waals surface area contributed by atoms with Gasteiger partial charge in [0.05, 0.1) is 0 Å². The highest BCUT2D eigenvalue weighted by atomic mass is 35.5. The Labute approximate surface area is 122 Å². The number of benzene rings is 2. The van der Waals surface area contributed by atoms with E-state index in [1.54, 1.807) is 6.07 Å². The largest absolute Gasteiger partial charge is 0.384 e. The highest BCUT2D eigenvalue weighted by molar-refractivity contribution is 7.97. The Morgan fingerprint density at radius 3 is 2.47 bits per heavy atom. The molecule has 0 saturated heterocycles. The zero-order valence-corrected chi connectivity index (χ0v) is 12.0. The molecule has 0 aliphatic heterocycles. The van der Waals surface area contributed by atoms with Crippen molar-refractivity contribution in [3.63, 3.8) is 0 Å². The van der Waals surface area contributed by atoms with Crippen molar-refractivity contribution >= 4 is 29.2 Å². The van der Waals surface area contributed by atoms with Crippen molar-refractivity contribution in [2.75, 3.05) is 0 Å². The van der Waals surface area contributed by atoms with Crippen LogP contribution in [0.2, 0.25) is 5.02 Å². The summed E-state index contributed by atoms with van der Waals surface area (Å²) in [5.74, 6) is 1.86. The van der Waals surface area contributed by atoms with Crippen LogP contribution in [0, 0.1) is 5.41 Å². The molecule has 0 saturated carbocycles. The van der Waals surface area contributed by atoms with Gasteiger partial charge in [-0.1, -0.05) is 54.1 Å². The van der Waals surface area contributed by atoms with E-state index >= 15 is 0 Å². The van der Waals surface area contributed by atoms with E-state index in [9.17, 15) is 0 Å². The van der Waals surface area contributed by atoms with Gasteiger partial charge in [0, 0.05) is 22.1 Å². The Bertz CT molecular complexity index is 570. The highest BCUT2D eigenvalue weighted by Gasteiger charge is 2.04. The molecule has 0 atom stereocenters. The quantitative estimate of drug-likeness (QED) is 0.644. The number of halogens is 1. The molecule has 0 aliphatic carbocycles. The molecule has 2 aromatic rings. The van der Waals surface area contributed by atoms with Gasteiger partial charge < -0.3 is 5.73 Å². The molecular weight excluding hydrogens is 276 g/mol. The number of rotatable bonds is 5. The second kappa shape index (κ2) is 6.64. The Balaban J connectivity index is 1.95. The molecule has 0 unspecified atom stereocenters. The second-order valence-corrected chi connectivity index (χ2v) is 5.59. The van der Waals surface area contributed by atoms with Gasteiger partial charge in [-0.2, -0.15) is 11.8 Å². The molecule has 0 aromatic heterocycles. The number of nitrogens with two attached hydrogens (primary N) is 1. The number of hydrogen-bond donors (Lipinski definition) is 2. The lowest BCUT2D eigenvalue weighted by atomic mass is 10.1. The predicted molar refractivity (Wildman–Crippen MR) is 83.9 cm³/mol. The maximum Gasteiger partial charge on any atom is 0.122 e. The van der Waals surface area contributed by atoms with Crippen LogP contribution >= 0.6 is 23.4 Å². The molecule has 2 rings (SSSR count). The summed E-state index contributed by atoms with van der Waals surface area (Å²) in [5.41, 5.74) is 8.48. The Morgan fingerprint density at radius 1 is 1.11 bits per heavy atom. The minimum absolute atomic E-state index is 0.0467. The molecule has 2 aromatic carbocycles. The van der Waals surface area contributed by atoms with Gasteiger partial charge in [-0.3, -0.25) is 5.41 Å². The van der Waals surface area contributed by atoms with Gasteiger partial charge in [-0.25, -0.2) is 0 Å². The lowest BCUT2D eigenvalue weighted by Crippen LogP contribution is -2.10. The summed E-state index contributed by atoms with van der Waals surface area (Å²) in [6.07, 6.45) is 0. The topological polar surface area (TPSA) is 49.9 Å². The summed E-state index contributed by atoms with van der Waals surface area (Å²) >= 11 is 8.01. The summed E-state index contributed by atoms with van der Waals surface area (Å²) in [6, 6.07) is 15.9. The maximum atomic E-state index is 7.37. The van der Waals surface area contributed by atoms with E-state index in [4.69, 9.17) is 22.7 Å². The lowest BCUT2D eigenvalue weighted by molar-refractivity contribution is 1.35. The molecule has 0 aliphatic rings. The first-order valence-electron chi connectivity index (χ1n) is 5.91. The molecule has 0 bridgehead atoms. The highest BCUT2D eigenvalue weighted by Crippen LogP contribution is 2.24. The fraction of sp³-hybridized carbons (Fsp3) is 0.133. The number of nitrogens with one attached hydrogen (secondary N) is 1. The van der Waals surface area contributed by atoms with Crippen molar-refractivity contribution < 1.29 is 0 Å². The third-order valence-electron chi connectivity index (χ3n) is 2.73. The van der Waals surface area contributed by atoms with Crippen molar-refractivity contribution in [3.05, 3.63) is 70.2 Å². The normalized spacial score (nSPS) is 10.4. The third-order valence-corrected chi connectivity index (χ3v) is 4.14. The Kier molecular flexibility index (Phi) is 4.88. The summed E-state index contributed by atoms with van der Waals surface area (Å²) in [6.45, 7) is 0. The van der Waals surface area contributed by atoms with E-state index in [1.165, 1.54) is 5.56 Å². The number of thioether (sulfide) groups is 1. The molecule has 19 heavy (non-hydrogen) atoms. The summed E-state index contributed by atoms with van der Waals surface area (Å²) in [5, 5.41) is 8.04. The van der Waals surface area contributed by atoms with E-state index in [1.807, 2.05) is 42.1 Å². The van der Waals surface area contributed by atoms with Crippen LogP contribution in [0.3, 0.4) is 0 Å². The molecule has 0 heterocycles. The van der Waals surface area contributed by atoms with Crippen molar-refractivity contribution in [2.24, 2.45) is 5.73 Å². The summed E-state index contributed by atoms with van der Waals surface area (Å²) in [7, 11) is 0. The molecule has 98 valence electrons. The van der Waals surface area contributed by atoms with E-state index in [0.717, 1.165) is 17.1 Å². The number of amidine groups is 1. The van der Waals surface area contributed by atoms with Crippen molar-refractivity contribution in [1.29, 1.82) is 5.41 Å². The third kappa shape index (κ3) is 4.01. The zero-order chi connectivity index (χ0) is 13.7. The molecule has 4 heteroatoms.